The standard InChI is InChI=1S/C15H16Br2N2O/c1-2-6-18-15-8-11(5-7-19-15)10-20-14-4-3-12(16)9-13(14)17/h3-5,7-9H,2,6,10H2,1H3,(H,18,19). The van der Waals surface area contributed by atoms with Gasteiger partial charge in [-0.2, -0.15) is 0 Å². The Bertz CT molecular complexity index is 576. The highest BCUT2D eigenvalue weighted by molar-refractivity contribution is 9.11. The Labute approximate surface area is 136 Å². The first kappa shape index (κ1) is 15.3. The van der Waals surface area contributed by atoms with Crippen molar-refractivity contribution in [2.45, 2.75) is 20.0 Å². The van der Waals surface area contributed by atoms with Gasteiger partial charge in [-0.1, -0.05) is 22.9 Å². The van der Waals surface area contributed by atoms with Gasteiger partial charge in [0, 0.05) is 17.2 Å². The molecule has 0 saturated carbocycles. The van der Waals surface area contributed by atoms with Gasteiger partial charge in [0.05, 0.1) is 4.47 Å². The number of nitrogens with zero attached hydrogens (tertiary/aromatic N) is 1. The summed E-state index contributed by atoms with van der Waals surface area (Å²) in [5.74, 6) is 1.72. The summed E-state index contributed by atoms with van der Waals surface area (Å²) in [4.78, 5) is 4.28. The number of hydrogen-bond acceptors (Lipinski definition) is 3. The molecule has 2 aromatic rings. The minimum atomic E-state index is 0.517. The molecule has 0 fully saturated rings. The van der Waals surface area contributed by atoms with Gasteiger partial charge >= 0.3 is 0 Å². The van der Waals surface area contributed by atoms with E-state index in [0.29, 0.717) is 6.61 Å². The maximum atomic E-state index is 5.81. The molecule has 2 rings (SSSR count). The van der Waals surface area contributed by atoms with E-state index in [4.69, 9.17) is 4.74 Å². The Morgan fingerprint density at radius 1 is 1.20 bits per heavy atom. The Balaban J connectivity index is 1.99. The molecule has 0 aliphatic heterocycles. The number of benzene rings is 1. The van der Waals surface area contributed by atoms with Gasteiger partial charge < -0.3 is 10.1 Å². The highest BCUT2D eigenvalue weighted by Gasteiger charge is 2.03. The number of aromatic nitrogens is 1. The highest BCUT2D eigenvalue weighted by atomic mass is 79.9. The van der Waals surface area contributed by atoms with E-state index in [1.807, 2.05) is 30.3 Å². The van der Waals surface area contributed by atoms with Crippen molar-refractivity contribution in [2.75, 3.05) is 11.9 Å². The predicted molar refractivity (Wildman–Crippen MR) is 89.2 cm³/mol. The van der Waals surface area contributed by atoms with Crippen molar-refractivity contribution in [3.05, 3.63) is 51.0 Å². The summed E-state index contributed by atoms with van der Waals surface area (Å²) in [7, 11) is 0. The zero-order valence-electron chi connectivity index (χ0n) is 11.2. The molecule has 0 bridgehead atoms. The third-order valence-corrected chi connectivity index (χ3v) is 3.78. The number of rotatable bonds is 6. The molecule has 5 heteroatoms. The summed E-state index contributed by atoms with van der Waals surface area (Å²) in [5, 5.41) is 3.27. The summed E-state index contributed by atoms with van der Waals surface area (Å²) in [6.45, 7) is 3.57. The molecule has 0 unspecified atom stereocenters. The second kappa shape index (κ2) is 7.64. The number of nitrogens with one attached hydrogen (secondary N) is 1. The van der Waals surface area contributed by atoms with E-state index in [2.05, 4.69) is 49.1 Å². The minimum Gasteiger partial charge on any atom is -0.488 e. The van der Waals surface area contributed by atoms with E-state index in [0.717, 1.165) is 39.0 Å². The van der Waals surface area contributed by atoms with Crippen LogP contribution in [0.4, 0.5) is 5.82 Å². The van der Waals surface area contributed by atoms with E-state index >= 15 is 0 Å². The maximum absolute atomic E-state index is 5.81. The van der Waals surface area contributed by atoms with Gasteiger partial charge in [0.1, 0.15) is 18.2 Å². The van der Waals surface area contributed by atoms with Gasteiger partial charge in [0.15, 0.2) is 0 Å². The molecular weight excluding hydrogens is 384 g/mol. The van der Waals surface area contributed by atoms with Gasteiger partial charge in [-0.25, -0.2) is 4.98 Å². The van der Waals surface area contributed by atoms with Crippen molar-refractivity contribution in [1.29, 1.82) is 0 Å². The van der Waals surface area contributed by atoms with Gasteiger partial charge in [-0.3, -0.25) is 0 Å². The number of halogens is 2. The van der Waals surface area contributed by atoms with Crippen molar-refractivity contribution in [2.24, 2.45) is 0 Å². The fourth-order valence-corrected chi connectivity index (χ4v) is 2.83. The lowest BCUT2D eigenvalue weighted by Crippen LogP contribution is -2.03. The number of hydrogen-bond donors (Lipinski definition) is 1. The van der Waals surface area contributed by atoms with Gasteiger partial charge in [-0.05, 0) is 58.2 Å². The van der Waals surface area contributed by atoms with Crippen molar-refractivity contribution >= 4 is 37.7 Å². The lowest BCUT2D eigenvalue weighted by atomic mass is 10.2. The summed E-state index contributed by atoms with van der Waals surface area (Å²) in [6, 6.07) is 9.84. The third kappa shape index (κ3) is 4.49. The van der Waals surface area contributed by atoms with Crippen molar-refractivity contribution in [3.63, 3.8) is 0 Å². The molecule has 106 valence electrons. The zero-order valence-corrected chi connectivity index (χ0v) is 14.4. The van der Waals surface area contributed by atoms with Crippen LogP contribution in [-0.2, 0) is 6.61 Å². The first-order chi connectivity index (χ1) is 9.69. The van der Waals surface area contributed by atoms with Crippen LogP contribution in [0.3, 0.4) is 0 Å². The minimum absolute atomic E-state index is 0.517. The van der Waals surface area contributed by atoms with Crippen LogP contribution in [0.15, 0.2) is 45.5 Å². The molecule has 0 radical (unpaired) electrons. The predicted octanol–water partition coefficient (Wildman–Crippen LogP) is 5.01. The first-order valence-corrected chi connectivity index (χ1v) is 8.04. The number of pyridine rings is 1. The van der Waals surface area contributed by atoms with E-state index < -0.39 is 0 Å². The Morgan fingerprint density at radius 3 is 2.80 bits per heavy atom. The molecule has 20 heavy (non-hydrogen) atoms. The van der Waals surface area contributed by atoms with Crippen LogP contribution >= 0.6 is 31.9 Å². The van der Waals surface area contributed by atoms with Gasteiger partial charge in [0.2, 0.25) is 0 Å². The molecule has 0 spiro atoms. The average Bonchev–Trinajstić information content (AvgIpc) is 2.45. The average molecular weight is 400 g/mol. The summed E-state index contributed by atoms with van der Waals surface area (Å²) in [6.07, 6.45) is 2.88. The summed E-state index contributed by atoms with van der Waals surface area (Å²) < 4.78 is 7.77. The van der Waals surface area contributed by atoms with Crippen molar-refractivity contribution in [3.8, 4) is 5.75 Å². The summed E-state index contributed by atoms with van der Waals surface area (Å²) in [5.41, 5.74) is 1.09. The lowest BCUT2D eigenvalue weighted by Gasteiger charge is -2.10. The first-order valence-electron chi connectivity index (χ1n) is 6.45. The molecular formula is C15H16Br2N2O. The SMILES string of the molecule is CCCNc1cc(COc2ccc(Br)cc2Br)ccn1. The van der Waals surface area contributed by atoms with Crippen LogP contribution < -0.4 is 10.1 Å². The molecule has 0 amide bonds. The number of ether oxygens (including phenoxy) is 1. The van der Waals surface area contributed by atoms with Gasteiger partial charge in [-0.15, -0.1) is 0 Å². The Morgan fingerprint density at radius 2 is 2.05 bits per heavy atom. The molecule has 0 aliphatic rings. The van der Waals surface area contributed by atoms with Crippen LogP contribution in [-0.4, -0.2) is 11.5 Å². The quantitative estimate of drug-likeness (QED) is 0.741. The molecule has 3 nitrogen and oxygen atoms in total. The van der Waals surface area contributed by atoms with Crippen LogP contribution in [0, 0.1) is 0 Å². The molecule has 0 saturated heterocycles. The van der Waals surface area contributed by atoms with Crippen LogP contribution in [0.25, 0.3) is 0 Å². The van der Waals surface area contributed by atoms with E-state index in [1.54, 1.807) is 6.20 Å². The van der Waals surface area contributed by atoms with E-state index in [1.165, 1.54) is 0 Å². The smallest absolute Gasteiger partial charge is 0.134 e. The zero-order chi connectivity index (χ0) is 14.4. The topological polar surface area (TPSA) is 34.1 Å². The van der Waals surface area contributed by atoms with Gasteiger partial charge in [0.25, 0.3) is 0 Å². The highest BCUT2D eigenvalue weighted by Crippen LogP contribution is 2.28. The molecule has 1 N–H and O–H groups in total. The molecule has 1 aromatic heterocycles. The van der Waals surface area contributed by atoms with E-state index in [9.17, 15) is 0 Å². The molecule has 1 heterocycles. The van der Waals surface area contributed by atoms with Crippen molar-refractivity contribution < 1.29 is 4.74 Å². The monoisotopic (exact) mass is 398 g/mol. The molecule has 0 aliphatic carbocycles. The molecule has 1 aromatic carbocycles. The van der Waals surface area contributed by atoms with E-state index in [-0.39, 0.29) is 0 Å². The van der Waals surface area contributed by atoms with Crippen LogP contribution in [0.5, 0.6) is 5.75 Å². The normalized spacial score (nSPS) is 10.3. The third-order valence-electron chi connectivity index (χ3n) is 2.67. The van der Waals surface area contributed by atoms with Crippen LogP contribution in [0.1, 0.15) is 18.9 Å². The Kier molecular flexibility index (Phi) is 5.86. The Hall–Kier alpha value is -1.07. The summed E-state index contributed by atoms with van der Waals surface area (Å²) >= 11 is 6.91. The largest absolute Gasteiger partial charge is 0.488 e. The van der Waals surface area contributed by atoms with Crippen LogP contribution in [0.2, 0.25) is 0 Å². The maximum Gasteiger partial charge on any atom is 0.134 e. The second-order valence-corrected chi connectivity index (χ2v) is 6.11. The molecule has 0 atom stereocenters. The second-order valence-electron chi connectivity index (χ2n) is 4.34. The van der Waals surface area contributed by atoms with Crippen molar-refractivity contribution in [1.82, 2.24) is 4.98 Å². The number of anilines is 1. The fourth-order valence-electron chi connectivity index (χ4n) is 1.67. The lowest BCUT2D eigenvalue weighted by molar-refractivity contribution is 0.304. The fraction of sp³-hybridized carbons (Fsp3) is 0.267.